The summed E-state index contributed by atoms with van der Waals surface area (Å²) in [6, 6.07) is 6.31. The van der Waals surface area contributed by atoms with E-state index in [1.165, 1.54) is 6.08 Å². The molecule has 1 aliphatic heterocycles. The summed E-state index contributed by atoms with van der Waals surface area (Å²) in [6.07, 6.45) is 4.99. The maximum Gasteiger partial charge on any atom is 0.322 e. The Morgan fingerprint density at radius 3 is 2.59 bits per heavy atom. The van der Waals surface area contributed by atoms with Crippen LogP contribution >= 0.6 is 0 Å². The lowest BCUT2D eigenvalue weighted by Crippen LogP contribution is -2.62. The van der Waals surface area contributed by atoms with Gasteiger partial charge in [0, 0.05) is 4.92 Å². The molecule has 1 aromatic rings. The normalized spacial score (nSPS) is 22.3. The molecule has 1 aliphatic rings. The van der Waals surface area contributed by atoms with E-state index in [0.717, 1.165) is 11.1 Å². The molecule has 1 fully saturated rings. The topological polar surface area (TPSA) is 101 Å². The molecule has 0 saturated carbocycles. The van der Waals surface area contributed by atoms with Crippen molar-refractivity contribution < 1.29 is 14.5 Å². The van der Waals surface area contributed by atoms with Gasteiger partial charge in [0.2, 0.25) is 0 Å². The number of hydrogen-bond acceptors (Lipinski definition) is 4. The molecule has 2 atom stereocenters. The zero-order chi connectivity index (χ0) is 16.1. The highest BCUT2D eigenvalue weighted by Crippen LogP contribution is 2.10. The van der Waals surface area contributed by atoms with E-state index in [9.17, 15) is 19.7 Å². The summed E-state index contributed by atoms with van der Waals surface area (Å²) in [6.45, 7) is 1.83. The van der Waals surface area contributed by atoms with Crippen LogP contribution in [0.25, 0.3) is 6.08 Å². The van der Waals surface area contributed by atoms with Crippen LogP contribution in [0.4, 0.5) is 4.79 Å². The van der Waals surface area contributed by atoms with Crippen LogP contribution in [0.3, 0.4) is 0 Å². The van der Waals surface area contributed by atoms with Crippen molar-refractivity contribution in [2.45, 2.75) is 19.0 Å². The average molecular weight is 301 g/mol. The molecule has 2 rings (SSSR count). The highest BCUT2D eigenvalue weighted by Gasteiger charge is 2.43. The number of hydrogen-bond donors (Lipinski definition) is 2. The first-order valence-electron chi connectivity index (χ1n) is 6.64. The number of allylic oxidation sites excluding steroid dienone is 2. The summed E-state index contributed by atoms with van der Waals surface area (Å²) in [4.78, 5) is 33.1. The predicted molar refractivity (Wildman–Crippen MR) is 80.5 cm³/mol. The Balaban J connectivity index is 2.16. The number of amides is 3. The third-order valence-electron chi connectivity index (χ3n) is 3.13. The number of urea groups is 1. The van der Waals surface area contributed by atoms with Gasteiger partial charge in [-0.2, -0.15) is 0 Å². The second kappa shape index (κ2) is 6.66. The van der Waals surface area contributed by atoms with Gasteiger partial charge in [-0.15, -0.1) is 0 Å². The fourth-order valence-corrected chi connectivity index (χ4v) is 2.11. The first kappa shape index (κ1) is 15.4. The van der Waals surface area contributed by atoms with Crippen LogP contribution in [0.1, 0.15) is 12.5 Å². The molecule has 1 aromatic carbocycles. The number of carbonyl (C=O) groups excluding carboxylic acids is 2. The van der Waals surface area contributed by atoms with E-state index in [1.807, 2.05) is 48.6 Å². The van der Waals surface area contributed by atoms with Gasteiger partial charge in [-0.25, -0.2) is 4.79 Å². The zero-order valence-corrected chi connectivity index (χ0v) is 11.9. The Morgan fingerprint density at radius 1 is 1.27 bits per heavy atom. The predicted octanol–water partition coefficient (Wildman–Crippen LogP) is 1.50. The first-order valence-corrected chi connectivity index (χ1v) is 6.64. The van der Waals surface area contributed by atoms with Crippen molar-refractivity contribution in [3.05, 3.63) is 63.7 Å². The minimum absolute atomic E-state index is 0.708. The van der Waals surface area contributed by atoms with Gasteiger partial charge in [-0.05, 0) is 12.5 Å². The van der Waals surface area contributed by atoms with E-state index in [1.54, 1.807) is 6.08 Å². The van der Waals surface area contributed by atoms with E-state index in [-0.39, 0.29) is 0 Å². The quantitative estimate of drug-likeness (QED) is 0.500. The van der Waals surface area contributed by atoms with Gasteiger partial charge in [0.15, 0.2) is 0 Å². The van der Waals surface area contributed by atoms with Crippen molar-refractivity contribution >= 4 is 18.0 Å². The summed E-state index contributed by atoms with van der Waals surface area (Å²) in [5, 5.41) is 15.2. The van der Waals surface area contributed by atoms with Gasteiger partial charge < -0.3 is 5.32 Å². The van der Waals surface area contributed by atoms with Crippen molar-refractivity contribution in [1.82, 2.24) is 10.6 Å². The fraction of sp³-hybridized carbons (Fsp3) is 0.200. The highest BCUT2D eigenvalue weighted by atomic mass is 16.6. The summed E-state index contributed by atoms with van der Waals surface area (Å²) in [7, 11) is 0. The van der Waals surface area contributed by atoms with Crippen LogP contribution in [0.15, 0.2) is 48.1 Å². The van der Waals surface area contributed by atoms with E-state index >= 15 is 0 Å². The van der Waals surface area contributed by atoms with Crippen LogP contribution in [0, 0.1) is 10.1 Å². The molecule has 7 nitrogen and oxygen atoms in total. The van der Waals surface area contributed by atoms with E-state index in [4.69, 9.17) is 0 Å². The van der Waals surface area contributed by atoms with Gasteiger partial charge in [-0.3, -0.25) is 20.2 Å². The molecule has 0 aliphatic carbocycles. The molecule has 1 heterocycles. The molecule has 0 radical (unpaired) electrons. The Hall–Kier alpha value is -2.96. The Morgan fingerprint density at radius 2 is 1.95 bits per heavy atom. The number of rotatable bonds is 4. The highest BCUT2D eigenvalue weighted by molar-refractivity contribution is 6.00. The lowest BCUT2D eigenvalue weighted by atomic mass is 10.0. The Bertz CT molecular complexity index is 652. The number of benzene rings is 1. The molecule has 2 unspecified atom stereocenters. The van der Waals surface area contributed by atoms with E-state index < -0.39 is 28.9 Å². The molecule has 0 aromatic heterocycles. The van der Waals surface area contributed by atoms with Crippen LogP contribution < -0.4 is 10.6 Å². The molecule has 0 bridgehead atoms. The van der Waals surface area contributed by atoms with Gasteiger partial charge in [0.05, 0.1) is 0 Å². The maximum atomic E-state index is 11.5. The first-order chi connectivity index (χ1) is 10.5. The maximum absolute atomic E-state index is 11.5. The van der Waals surface area contributed by atoms with Gasteiger partial charge in [0.1, 0.15) is 6.04 Å². The zero-order valence-electron chi connectivity index (χ0n) is 11.9. The summed E-state index contributed by atoms with van der Waals surface area (Å²) >= 11 is 0. The molecule has 0 spiro atoms. The molecule has 114 valence electrons. The minimum atomic E-state index is -1.53. The van der Waals surface area contributed by atoms with Gasteiger partial charge in [-0.1, -0.05) is 54.1 Å². The molecule has 3 amide bonds. The van der Waals surface area contributed by atoms with E-state index in [2.05, 4.69) is 5.32 Å². The SMILES string of the molecule is CC(=C/c1ccccc1)/C=C/C1NC(=O)NC(=O)C1[N+](=O)[O-]. The van der Waals surface area contributed by atoms with Gasteiger partial charge >= 0.3 is 18.0 Å². The Kier molecular flexibility index (Phi) is 4.67. The number of nitrogens with one attached hydrogen (secondary N) is 2. The van der Waals surface area contributed by atoms with Crippen LogP contribution in [0.2, 0.25) is 0 Å². The van der Waals surface area contributed by atoms with Crippen molar-refractivity contribution in [3.8, 4) is 0 Å². The molecule has 22 heavy (non-hydrogen) atoms. The van der Waals surface area contributed by atoms with Crippen molar-refractivity contribution in [3.63, 3.8) is 0 Å². The third kappa shape index (κ3) is 3.78. The van der Waals surface area contributed by atoms with Crippen LogP contribution in [-0.4, -0.2) is 28.9 Å². The number of nitro groups is 1. The smallest absolute Gasteiger partial charge is 0.322 e. The fourth-order valence-electron chi connectivity index (χ4n) is 2.11. The average Bonchev–Trinajstić information content (AvgIpc) is 2.45. The molecular formula is C15H15N3O4. The standard InChI is InChI=1S/C15H15N3O4/c1-10(9-11-5-3-2-4-6-11)7-8-12-13(18(21)22)14(19)17-15(20)16-12/h2-9,12-13H,1H3,(H2,16,17,19,20)/b8-7+,10-9-. The van der Waals surface area contributed by atoms with Crippen molar-refractivity contribution in [2.75, 3.05) is 0 Å². The van der Waals surface area contributed by atoms with Gasteiger partial charge in [0.25, 0.3) is 0 Å². The lowest BCUT2D eigenvalue weighted by molar-refractivity contribution is -0.510. The van der Waals surface area contributed by atoms with Crippen LogP contribution in [-0.2, 0) is 4.79 Å². The number of carbonyl (C=O) groups is 2. The minimum Gasteiger partial charge on any atom is -0.324 e. The van der Waals surface area contributed by atoms with E-state index in [0.29, 0.717) is 0 Å². The molecular weight excluding hydrogens is 286 g/mol. The summed E-state index contributed by atoms with van der Waals surface area (Å²) in [5.41, 5.74) is 1.83. The second-order valence-corrected chi connectivity index (χ2v) is 4.88. The largest absolute Gasteiger partial charge is 0.324 e. The number of nitrogens with zero attached hydrogens (tertiary/aromatic N) is 1. The molecule has 1 saturated heterocycles. The summed E-state index contributed by atoms with van der Waals surface area (Å²) in [5.74, 6) is -0.909. The third-order valence-corrected chi connectivity index (χ3v) is 3.13. The van der Waals surface area contributed by atoms with Crippen LogP contribution in [0.5, 0.6) is 0 Å². The lowest BCUT2D eigenvalue weighted by Gasteiger charge is -2.23. The van der Waals surface area contributed by atoms with Crippen molar-refractivity contribution in [2.24, 2.45) is 0 Å². The molecule has 7 heteroatoms. The van der Waals surface area contributed by atoms with Crippen molar-refractivity contribution in [1.29, 1.82) is 0 Å². The monoisotopic (exact) mass is 301 g/mol. The summed E-state index contributed by atoms with van der Waals surface area (Å²) < 4.78 is 0. The second-order valence-electron chi connectivity index (χ2n) is 4.88. The Labute approximate surface area is 126 Å². The number of imide groups is 1. The molecule has 2 N–H and O–H groups in total.